The number of benzene rings is 11. The summed E-state index contributed by atoms with van der Waals surface area (Å²) in [5.74, 6) is 0. The molecule has 67 heavy (non-hydrogen) atoms. The Hall–Kier alpha value is -8.52. The van der Waals surface area contributed by atoms with Crippen LogP contribution in [0.4, 0.5) is 17.1 Å². The molecule has 1 aliphatic carbocycles. The highest BCUT2D eigenvalue weighted by molar-refractivity contribution is 6.09. The van der Waals surface area contributed by atoms with Gasteiger partial charge in [-0.05, 0) is 120 Å². The van der Waals surface area contributed by atoms with E-state index in [0.29, 0.717) is 0 Å². The maximum absolute atomic E-state index is 2.52. The molecule has 0 N–H and O–H groups in total. The van der Waals surface area contributed by atoms with Crippen molar-refractivity contribution in [3.05, 3.63) is 284 Å². The van der Waals surface area contributed by atoms with E-state index < -0.39 is 0 Å². The third kappa shape index (κ3) is 6.87. The van der Waals surface area contributed by atoms with Crippen LogP contribution in [0.2, 0.25) is 0 Å². The molecule has 1 atom stereocenters. The summed E-state index contributed by atoms with van der Waals surface area (Å²) in [5.41, 5.74) is 21.4. The standard InChI is InChI=1S/C66H47N/c1-66(52-29-12-5-13-30-52)60-35-16-14-32-58(60)65-61(66)36-20-38-63(65)67(62-37-17-15-31-56(62)57-34-19-28-50-27-18-33-55(64(50)57)48-23-8-3-9-24-48)53-42-39-46(40-43-53)51-41-44-54(47-21-6-2-7-22-47)59(45-51)49-25-10-4-11-26-49/h2-45H,1H3. The fourth-order valence-corrected chi connectivity index (χ4v) is 10.8. The van der Waals surface area contributed by atoms with Gasteiger partial charge in [0.05, 0.1) is 11.4 Å². The second-order valence-electron chi connectivity index (χ2n) is 17.7. The zero-order valence-electron chi connectivity index (χ0n) is 37.4. The van der Waals surface area contributed by atoms with Gasteiger partial charge in [0.2, 0.25) is 0 Å². The molecule has 1 aliphatic rings. The quantitative estimate of drug-likeness (QED) is 0.140. The molecule has 0 bridgehead atoms. The van der Waals surface area contributed by atoms with Crippen molar-refractivity contribution in [3.8, 4) is 66.8 Å². The van der Waals surface area contributed by atoms with Gasteiger partial charge in [0.15, 0.2) is 0 Å². The Kier molecular flexibility index (Phi) is 10.0. The van der Waals surface area contributed by atoms with Gasteiger partial charge in [-0.3, -0.25) is 0 Å². The van der Waals surface area contributed by atoms with Crippen LogP contribution in [0, 0.1) is 0 Å². The van der Waals surface area contributed by atoms with Crippen LogP contribution < -0.4 is 4.90 Å². The molecule has 0 radical (unpaired) electrons. The molecule has 1 heteroatoms. The van der Waals surface area contributed by atoms with Crippen LogP contribution in [0.3, 0.4) is 0 Å². The molecular weight excluding hydrogens is 807 g/mol. The van der Waals surface area contributed by atoms with Crippen molar-refractivity contribution in [1.82, 2.24) is 0 Å². The lowest BCUT2D eigenvalue weighted by Gasteiger charge is -2.32. The zero-order valence-corrected chi connectivity index (χ0v) is 37.4. The van der Waals surface area contributed by atoms with Gasteiger partial charge < -0.3 is 4.90 Å². The van der Waals surface area contributed by atoms with E-state index in [9.17, 15) is 0 Å². The maximum atomic E-state index is 2.52. The minimum atomic E-state index is -0.346. The molecule has 12 rings (SSSR count). The highest BCUT2D eigenvalue weighted by atomic mass is 15.1. The third-order valence-corrected chi connectivity index (χ3v) is 14.0. The number of anilines is 3. The van der Waals surface area contributed by atoms with Gasteiger partial charge in [0.1, 0.15) is 0 Å². The van der Waals surface area contributed by atoms with Crippen molar-refractivity contribution in [2.45, 2.75) is 12.3 Å². The van der Waals surface area contributed by atoms with Crippen molar-refractivity contribution in [3.63, 3.8) is 0 Å². The Bertz CT molecular complexity index is 3550. The SMILES string of the molecule is CC1(c2ccccc2)c2ccccc2-c2c(N(c3ccc(-c4ccc(-c5ccccc5)c(-c5ccccc5)c4)cc3)c3ccccc3-c3cccc4cccc(-c5ccccc5)c34)cccc21. The molecule has 11 aromatic rings. The van der Waals surface area contributed by atoms with Gasteiger partial charge in [-0.25, -0.2) is 0 Å². The van der Waals surface area contributed by atoms with E-state index in [1.54, 1.807) is 0 Å². The fourth-order valence-electron chi connectivity index (χ4n) is 10.8. The fraction of sp³-hybridized carbons (Fsp3) is 0.0303. The molecule has 0 aromatic heterocycles. The maximum Gasteiger partial charge on any atom is 0.0543 e. The molecule has 0 spiro atoms. The first kappa shape index (κ1) is 40.0. The molecule has 1 unspecified atom stereocenters. The highest BCUT2D eigenvalue weighted by Gasteiger charge is 2.42. The first-order valence-corrected chi connectivity index (χ1v) is 23.3. The summed E-state index contributed by atoms with van der Waals surface area (Å²) in [4.78, 5) is 2.52. The third-order valence-electron chi connectivity index (χ3n) is 14.0. The number of hydrogen-bond donors (Lipinski definition) is 0. The van der Waals surface area contributed by atoms with E-state index in [4.69, 9.17) is 0 Å². The van der Waals surface area contributed by atoms with E-state index >= 15 is 0 Å². The van der Waals surface area contributed by atoms with Gasteiger partial charge in [-0.1, -0.05) is 237 Å². The summed E-state index contributed by atoms with van der Waals surface area (Å²) in [7, 11) is 0. The Morgan fingerprint density at radius 1 is 0.299 bits per heavy atom. The number of fused-ring (bicyclic) bond motifs is 4. The van der Waals surface area contributed by atoms with Gasteiger partial charge in [0.25, 0.3) is 0 Å². The van der Waals surface area contributed by atoms with E-state index in [-0.39, 0.29) is 5.41 Å². The number of para-hydroxylation sites is 1. The average Bonchev–Trinajstić information content (AvgIpc) is 3.68. The summed E-state index contributed by atoms with van der Waals surface area (Å²) in [6.07, 6.45) is 0. The second kappa shape index (κ2) is 16.8. The number of nitrogens with zero attached hydrogens (tertiary/aromatic N) is 1. The largest absolute Gasteiger partial charge is 0.309 e. The zero-order chi connectivity index (χ0) is 44.7. The van der Waals surface area contributed by atoms with E-state index in [0.717, 1.165) is 22.6 Å². The lowest BCUT2D eigenvalue weighted by atomic mass is 9.74. The summed E-state index contributed by atoms with van der Waals surface area (Å²) in [5, 5.41) is 2.46. The van der Waals surface area contributed by atoms with E-state index in [1.165, 1.54) is 88.7 Å². The Morgan fingerprint density at radius 2 is 0.791 bits per heavy atom. The predicted molar refractivity (Wildman–Crippen MR) is 283 cm³/mol. The normalized spacial score (nSPS) is 13.8. The van der Waals surface area contributed by atoms with Crippen LogP contribution in [-0.2, 0) is 5.41 Å². The molecule has 0 aliphatic heterocycles. The van der Waals surface area contributed by atoms with Gasteiger partial charge in [0, 0.05) is 22.2 Å². The predicted octanol–water partition coefficient (Wildman–Crippen LogP) is 18.0. The monoisotopic (exact) mass is 853 g/mol. The van der Waals surface area contributed by atoms with Crippen LogP contribution >= 0.6 is 0 Å². The van der Waals surface area contributed by atoms with Crippen molar-refractivity contribution < 1.29 is 0 Å². The molecule has 1 nitrogen and oxygen atoms in total. The second-order valence-corrected chi connectivity index (χ2v) is 17.7. The van der Waals surface area contributed by atoms with Crippen molar-refractivity contribution in [1.29, 1.82) is 0 Å². The first-order valence-electron chi connectivity index (χ1n) is 23.3. The number of hydrogen-bond acceptors (Lipinski definition) is 1. The van der Waals surface area contributed by atoms with E-state index in [1.807, 2.05) is 0 Å². The summed E-state index contributed by atoms with van der Waals surface area (Å²) in [6, 6.07) is 97.8. The van der Waals surface area contributed by atoms with Crippen LogP contribution in [0.1, 0.15) is 23.6 Å². The van der Waals surface area contributed by atoms with Gasteiger partial charge in [-0.2, -0.15) is 0 Å². The van der Waals surface area contributed by atoms with Crippen LogP contribution in [-0.4, -0.2) is 0 Å². The minimum absolute atomic E-state index is 0.346. The molecule has 0 fully saturated rings. The molecule has 0 saturated carbocycles. The summed E-state index contributed by atoms with van der Waals surface area (Å²) >= 11 is 0. The van der Waals surface area contributed by atoms with Crippen LogP contribution in [0.15, 0.2) is 267 Å². The molecule has 0 heterocycles. The Morgan fingerprint density at radius 3 is 1.48 bits per heavy atom. The molecule has 316 valence electrons. The lowest BCUT2D eigenvalue weighted by molar-refractivity contribution is 0.714. The molecular formula is C66H47N. The smallest absolute Gasteiger partial charge is 0.0543 e. The Labute approximate surface area is 393 Å². The van der Waals surface area contributed by atoms with Crippen LogP contribution in [0.25, 0.3) is 77.5 Å². The van der Waals surface area contributed by atoms with Gasteiger partial charge >= 0.3 is 0 Å². The highest BCUT2D eigenvalue weighted by Crippen LogP contribution is 2.57. The summed E-state index contributed by atoms with van der Waals surface area (Å²) in [6.45, 7) is 2.40. The topological polar surface area (TPSA) is 3.24 Å². The molecule has 0 saturated heterocycles. The lowest BCUT2D eigenvalue weighted by Crippen LogP contribution is -2.22. The first-order chi connectivity index (χ1) is 33.1. The van der Waals surface area contributed by atoms with Crippen molar-refractivity contribution >= 4 is 27.8 Å². The van der Waals surface area contributed by atoms with Gasteiger partial charge in [-0.15, -0.1) is 0 Å². The van der Waals surface area contributed by atoms with Crippen LogP contribution in [0.5, 0.6) is 0 Å². The average molecular weight is 854 g/mol. The van der Waals surface area contributed by atoms with Crippen molar-refractivity contribution in [2.75, 3.05) is 4.90 Å². The molecule has 11 aromatic carbocycles. The Balaban J connectivity index is 1.08. The van der Waals surface area contributed by atoms with E-state index in [2.05, 4.69) is 279 Å². The summed E-state index contributed by atoms with van der Waals surface area (Å²) < 4.78 is 0. The number of rotatable bonds is 9. The minimum Gasteiger partial charge on any atom is -0.309 e. The van der Waals surface area contributed by atoms with Crippen molar-refractivity contribution in [2.24, 2.45) is 0 Å². The molecule has 0 amide bonds.